The zero-order valence-corrected chi connectivity index (χ0v) is 7.72. The van der Waals surface area contributed by atoms with E-state index in [2.05, 4.69) is 23.0 Å². The van der Waals surface area contributed by atoms with Gasteiger partial charge in [-0.1, -0.05) is 0 Å². The standard InChI is InChI=1S/C9H11N3O/c1-6-7(3-10)12-8(11-6)9(2)4-13-5-9/h4-5H2,1-2H3,(H,11,12). The van der Waals surface area contributed by atoms with Crippen molar-refractivity contribution in [2.45, 2.75) is 19.3 Å². The van der Waals surface area contributed by atoms with Crippen LogP contribution >= 0.6 is 0 Å². The van der Waals surface area contributed by atoms with Gasteiger partial charge in [-0.3, -0.25) is 0 Å². The summed E-state index contributed by atoms with van der Waals surface area (Å²) in [5.74, 6) is 0.868. The van der Waals surface area contributed by atoms with Crippen molar-refractivity contribution in [3.63, 3.8) is 0 Å². The van der Waals surface area contributed by atoms with E-state index in [0.29, 0.717) is 18.9 Å². The molecular weight excluding hydrogens is 166 g/mol. The lowest BCUT2D eigenvalue weighted by Crippen LogP contribution is -2.44. The van der Waals surface area contributed by atoms with Crippen molar-refractivity contribution in [3.8, 4) is 6.07 Å². The number of nitrogens with zero attached hydrogens (tertiary/aromatic N) is 2. The summed E-state index contributed by atoms with van der Waals surface area (Å²) in [6, 6.07) is 2.05. The van der Waals surface area contributed by atoms with Crippen LogP contribution in [0.5, 0.6) is 0 Å². The second-order valence-corrected chi connectivity index (χ2v) is 3.72. The number of nitrogens with one attached hydrogen (secondary N) is 1. The van der Waals surface area contributed by atoms with Gasteiger partial charge < -0.3 is 9.72 Å². The number of aromatic amines is 1. The van der Waals surface area contributed by atoms with Crippen molar-refractivity contribution < 1.29 is 4.74 Å². The maximum absolute atomic E-state index is 8.72. The third-order valence-electron chi connectivity index (χ3n) is 2.40. The van der Waals surface area contributed by atoms with E-state index in [4.69, 9.17) is 10.00 Å². The van der Waals surface area contributed by atoms with Crippen LogP contribution in [0.15, 0.2) is 0 Å². The Morgan fingerprint density at radius 1 is 1.62 bits per heavy atom. The number of rotatable bonds is 1. The van der Waals surface area contributed by atoms with Gasteiger partial charge in [0.1, 0.15) is 11.9 Å². The zero-order valence-electron chi connectivity index (χ0n) is 7.72. The van der Waals surface area contributed by atoms with Gasteiger partial charge in [0.05, 0.1) is 18.6 Å². The topological polar surface area (TPSA) is 61.7 Å². The SMILES string of the molecule is Cc1[nH]c(C2(C)COC2)nc1C#N. The molecular formula is C9H11N3O. The first kappa shape index (κ1) is 8.27. The molecule has 0 aliphatic carbocycles. The van der Waals surface area contributed by atoms with Crippen LogP contribution in [0.3, 0.4) is 0 Å². The van der Waals surface area contributed by atoms with Crippen molar-refractivity contribution >= 4 is 0 Å². The predicted octanol–water partition coefficient (Wildman–Crippen LogP) is 0.878. The van der Waals surface area contributed by atoms with Gasteiger partial charge in [0.15, 0.2) is 5.69 Å². The summed E-state index contributed by atoms with van der Waals surface area (Å²) >= 11 is 0. The summed E-state index contributed by atoms with van der Waals surface area (Å²) in [4.78, 5) is 7.35. The quantitative estimate of drug-likeness (QED) is 0.692. The van der Waals surface area contributed by atoms with E-state index in [0.717, 1.165) is 11.5 Å². The molecule has 0 unspecified atom stereocenters. The fraction of sp³-hybridized carbons (Fsp3) is 0.556. The van der Waals surface area contributed by atoms with E-state index in [9.17, 15) is 0 Å². The van der Waals surface area contributed by atoms with Crippen LogP contribution in [-0.4, -0.2) is 23.2 Å². The number of hydrogen-bond acceptors (Lipinski definition) is 3. The molecule has 0 saturated carbocycles. The van der Waals surface area contributed by atoms with Crippen molar-refractivity contribution in [1.29, 1.82) is 5.26 Å². The molecule has 1 fully saturated rings. The van der Waals surface area contributed by atoms with Crippen LogP contribution in [0.4, 0.5) is 0 Å². The maximum Gasteiger partial charge on any atom is 0.161 e. The lowest BCUT2D eigenvalue weighted by molar-refractivity contribution is -0.0540. The van der Waals surface area contributed by atoms with Gasteiger partial charge in [0.2, 0.25) is 0 Å². The first-order valence-corrected chi connectivity index (χ1v) is 4.21. The highest BCUT2D eigenvalue weighted by Gasteiger charge is 2.38. The highest BCUT2D eigenvalue weighted by atomic mass is 16.5. The number of aromatic nitrogens is 2. The lowest BCUT2D eigenvalue weighted by atomic mass is 9.88. The third-order valence-corrected chi connectivity index (χ3v) is 2.40. The Kier molecular flexibility index (Phi) is 1.64. The monoisotopic (exact) mass is 177 g/mol. The molecule has 0 spiro atoms. The predicted molar refractivity (Wildman–Crippen MR) is 46.2 cm³/mol. The molecule has 1 aliphatic rings. The Labute approximate surface area is 76.6 Å². The van der Waals surface area contributed by atoms with Gasteiger partial charge in [0.25, 0.3) is 0 Å². The molecule has 2 heterocycles. The van der Waals surface area contributed by atoms with Crippen LogP contribution < -0.4 is 0 Å². The molecule has 0 amide bonds. The molecule has 0 aromatic carbocycles. The van der Waals surface area contributed by atoms with Crippen LogP contribution in [0, 0.1) is 18.3 Å². The fourth-order valence-corrected chi connectivity index (χ4v) is 1.40. The summed E-state index contributed by atoms with van der Waals surface area (Å²) in [7, 11) is 0. The first-order chi connectivity index (χ1) is 6.15. The maximum atomic E-state index is 8.72. The van der Waals surface area contributed by atoms with Gasteiger partial charge in [-0.25, -0.2) is 4.98 Å². The van der Waals surface area contributed by atoms with E-state index in [1.807, 2.05) is 6.92 Å². The van der Waals surface area contributed by atoms with E-state index in [1.54, 1.807) is 0 Å². The normalized spacial score (nSPS) is 19.2. The van der Waals surface area contributed by atoms with Crippen LogP contribution in [0.2, 0.25) is 0 Å². The fourth-order valence-electron chi connectivity index (χ4n) is 1.40. The highest BCUT2D eigenvalue weighted by molar-refractivity contribution is 5.29. The zero-order chi connectivity index (χ0) is 9.47. The van der Waals surface area contributed by atoms with Crippen molar-refractivity contribution in [1.82, 2.24) is 9.97 Å². The average Bonchev–Trinajstić information content (AvgIpc) is 2.43. The Hall–Kier alpha value is -1.34. The van der Waals surface area contributed by atoms with Gasteiger partial charge in [-0.15, -0.1) is 0 Å². The Morgan fingerprint density at radius 2 is 2.31 bits per heavy atom. The molecule has 13 heavy (non-hydrogen) atoms. The van der Waals surface area contributed by atoms with Gasteiger partial charge in [0, 0.05) is 5.69 Å². The van der Waals surface area contributed by atoms with E-state index >= 15 is 0 Å². The first-order valence-electron chi connectivity index (χ1n) is 4.21. The number of imidazole rings is 1. The molecule has 0 atom stereocenters. The van der Waals surface area contributed by atoms with Gasteiger partial charge in [-0.2, -0.15) is 5.26 Å². The Balaban J connectivity index is 2.37. The van der Waals surface area contributed by atoms with E-state index in [-0.39, 0.29) is 5.41 Å². The Bertz CT molecular complexity index is 371. The third kappa shape index (κ3) is 1.12. The van der Waals surface area contributed by atoms with Crippen LogP contribution in [-0.2, 0) is 10.2 Å². The second-order valence-electron chi connectivity index (χ2n) is 3.72. The van der Waals surface area contributed by atoms with Crippen molar-refractivity contribution in [3.05, 3.63) is 17.2 Å². The summed E-state index contributed by atoms with van der Waals surface area (Å²) in [6.07, 6.45) is 0. The van der Waals surface area contributed by atoms with Crippen molar-refractivity contribution in [2.24, 2.45) is 0 Å². The lowest BCUT2D eigenvalue weighted by Gasteiger charge is -2.35. The molecule has 1 saturated heterocycles. The van der Waals surface area contributed by atoms with E-state index < -0.39 is 0 Å². The minimum Gasteiger partial charge on any atom is -0.379 e. The molecule has 4 heteroatoms. The Morgan fingerprint density at radius 3 is 2.69 bits per heavy atom. The molecule has 2 rings (SSSR count). The summed E-state index contributed by atoms with van der Waals surface area (Å²) in [6.45, 7) is 5.31. The summed E-state index contributed by atoms with van der Waals surface area (Å²) < 4.78 is 5.13. The minimum absolute atomic E-state index is 0.0140. The molecule has 1 N–H and O–H groups in total. The molecule has 1 aliphatic heterocycles. The molecule has 0 bridgehead atoms. The summed E-state index contributed by atoms with van der Waals surface area (Å²) in [5.41, 5.74) is 1.31. The number of nitriles is 1. The molecule has 1 aromatic heterocycles. The largest absolute Gasteiger partial charge is 0.379 e. The average molecular weight is 177 g/mol. The summed E-state index contributed by atoms with van der Waals surface area (Å²) in [5, 5.41) is 8.72. The van der Waals surface area contributed by atoms with Crippen LogP contribution in [0.25, 0.3) is 0 Å². The van der Waals surface area contributed by atoms with E-state index in [1.165, 1.54) is 0 Å². The van der Waals surface area contributed by atoms with Gasteiger partial charge in [-0.05, 0) is 13.8 Å². The molecule has 4 nitrogen and oxygen atoms in total. The smallest absolute Gasteiger partial charge is 0.161 e. The number of H-pyrrole nitrogens is 1. The van der Waals surface area contributed by atoms with Crippen molar-refractivity contribution in [2.75, 3.05) is 13.2 Å². The molecule has 1 aromatic rings. The number of hydrogen-bond donors (Lipinski definition) is 1. The minimum atomic E-state index is -0.0140. The highest BCUT2D eigenvalue weighted by Crippen LogP contribution is 2.29. The van der Waals surface area contributed by atoms with Crippen LogP contribution in [0.1, 0.15) is 24.1 Å². The number of aryl methyl sites for hydroxylation is 1. The molecule has 0 radical (unpaired) electrons. The second kappa shape index (κ2) is 2.57. The number of ether oxygens (including phenoxy) is 1. The van der Waals surface area contributed by atoms with Gasteiger partial charge >= 0.3 is 0 Å². The molecule has 68 valence electrons.